The van der Waals surface area contributed by atoms with Crippen LogP contribution in [0.25, 0.3) is 37.8 Å². The van der Waals surface area contributed by atoms with Crippen LogP contribution in [0, 0.1) is 0 Å². The van der Waals surface area contributed by atoms with Gasteiger partial charge in [0.15, 0.2) is 5.82 Å². The first-order valence-electron chi connectivity index (χ1n) is 7.62. The fraction of sp³-hybridized carbons (Fsp3) is 0.0588. The highest BCUT2D eigenvalue weighted by molar-refractivity contribution is 7.19. The average Bonchev–Trinajstić information content (AvgIpc) is 3.36. The van der Waals surface area contributed by atoms with E-state index in [2.05, 4.69) is 26.5 Å². The summed E-state index contributed by atoms with van der Waals surface area (Å²) in [7, 11) is 1.64. The van der Waals surface area contributed by atoms with E-state index in [1.54, 1.807) is 17.8 Å². The molecule has 7 nitrogen and oxygen atoms in total. The zero-order chi connectivity index (χ0) is 16.8. The zero-order valence-electron chi connectivity index (χ0n) is 13.2. The lowest BCUT2D eigenvalue weighted by molar-refractivity contribution is 0.416. The highest BCUT2D eigenvalue weighted by Crippen LogP contribution is 2.32. The van der Waals surface area contributed by atoms with Gasteiger partial charge in [0.1, 0.15) is 10.8 Å². The molecule has 25 heavy (non-hydrogen) atoms. The first kappa shape index (κ1) is 14.1. The van der Waals surface area contributed by atoms with Gasteiger partial charge in [-0.15, -0.1) is 10.2 Å². The SMILES string of the molecule is COc1ccccc1-c1nnc2sc(-c3ccc4[nH]ncc4c3)nn12. The predicted octanol–water partition coefficient (Wildman–Crippen LogP) is 3.40. The van der Waals surface area contributed by atoms with Gasteiger partial charge in [0, 0.05) is 10.9 Å². The summed E-state index contributed by atoms with van der Waals surface area (Å²) in [6, 6.07) is 13.8. The molecule has 2 aromatic carbocycles. The third kappa shape index (κ3) is 2.18. The fourth-order valence-electron chi connectivity index (χ4n) is 2.81. The second-order valence-electron chi connectivity index (χ2n) is 5.50. The minimum absolute atomic E-state index is 0.666. The average molecular weight is 348 g/mol. The van der Waals surface area contributed by atoms with Gasteiger partial charge in [0.2, 0.25) is 4.96 Å². The van der Waals surface area contributed by atoms with E-state index >= 15 is 0 Å². The monoisotopic (exact) mass is 348 g/mol. The van der Waals surface area contributed by atoms with Crippen molar-refractivity contribution in [2.24, 2.45) is 0 Å². The van der Waals surface area contributed by atoms with Crippen LogP contribution in [0.1, 0.15) is 0 Å². The smallest absolute Gasteiger partial charge is 0.235 e. The number of ether oxygens (including phenoxy) is 1. The number of para-hydroxylation sites is 1. The van der Waals surface area contributed by atoms with Crippen molar-refractivity contribution >= 4 is 27.2 Å². The summed E-state index contributed by atoms with van der Waals surface area (Å²) in [5.74, 6) is 1.41. The van der Waals surface area contributed by atoms with Gasteiger partial charge in [0.25, 0.3) is 0 Å². The third-order valence-electron chi connectivity index (χ3n) is 4.03. The van der Waals surface area contributed by atoms with E-state index in [-0.39, 0.29) is 0 Å². The molecule has 0 fully saturated rings. The molecule has 0 bridgehead atoms. The summed E-state index contributed by atoms with van der Waals surface area (Å²) in [5.41, 5.74) is 2.89. The summed E-state index contributed by atoms with van der Waals surface area (Å²) in [6.07, 6.45) is 1.80. The molecule has 0 radical (unpaired) electrons. The largest absolute Gasteiger partial charge is 0.496 e. The van der Waals surface area contributed by atoms with Crippen molar-refractivity contribution in [1.29, 1.82) is 0 Å². The molecule has 3 aromatic heterocycles. The van der Waals surface area contributed by atoms with Crippen molar-refractivity contribution in [2.75, 3.05) is 7.11 Å². The molecular formula is C17H12N6OS. The molecule has 8 heteroatoms. The summed E-state index contributed by atoms with van der Waals surface area (Å²) in [4.78, 5) is 0.739. The van der Waals surface area contributed by atoms with Crippen molar-refractivity contribution in [3.8, 4) is 27.7 Å². The van der Waals surface area contributed by atoms with Gasteiger partial charge in [-0.3, -0.25) is 5.10 Å². The molecule has 0 saturated heterocycles. The molecule has 0 spiro atoms. The Morgan fingerprint density at radius 3 is 2.96 bits per heavy atom. The van der Waals surface area contributed by atoms with Crippen LogP contribution in [0.3, 0.4) is 0 Å². The van der Waals surface area contributed by atoms with E-state index in [0.29, 0.717) is 5.82 Å². The second kappa shape index (κ2) is 5.38. The number of nitrogens with zero attached hydrogens (tertiary/aromatic N) is 5. The van der Waals surface area contributed by atoms with Crippen LogP contribution in [-0.2, 0) is 0 Å². The van der Waals surface area contributed by atoms with E-state index in [1.807, 2.05) is 36.4 Å². The van der Waals surface area contributed by atoms with Crippen LogP contribution in [0.15, 0.2) is 48.7 Å². The van der Waals surface area contributed by atoms with Crippen molar-refractivity contribution < 1.29 is 4.74 Å². The number of nitrogens with one attached hydrogen (secondary N) is 1. The number of hydrogen-bond donors (Lipinski definition) is 1. The van der Waals surface area contributed by atoms with Crippen molar-refractivity contribution in [2.45, 2.75) is 0 Å². The molecule has 0 aliphatic heterocycles. The number of hydrogen-bond acceptors (Lipinski definition) is 6. The fourth-order valence-corrected chi connectivity index (χ4v) is 3.64. The highest BCUT2D eigenvalue weighted by Gasteiger charge is 2.17. The molecule has 1 N–H and O–H groups in total. The summed E-state index contributed by atoms with van der Waals surface area (Å²) in [5, 5.41) is 22.2. The van der Waals surface area contributed by atoms with E-state index < -0.39 is 0 Å². The third-order valence-corrected chi connectivity index (χ3v) is 4.97. The lowest BCUT2D eigenvalue weighted by Gasteiger charge is -2.04. The maximum Gasteiger partial charge on any atom is 0.235 e. The van der Waals surface area contributed by atoms with Gasteiger partial charge in [-0.25, -0.2) is 0 Å². The Labute approximate surface area is 145 Å². The van der Waals surface area contributed by atoms with Gasteiger partial charge >= 0.3 is 0 Å². The molecule has 0 aliphatic rings. The van der Waals surface area contributed by atoms with Gasteiger partial charge in [0.05, 0.1) is 24.4 Å². The first-order valence-corrected chi connectivity index (χ1v) is 8.44. The molecule has 0 aliphatic carbocycles. The Morgan fingerprint density at radius 2 is 2.04 bits per heavy atom. The number of H-pyrrole nitrogens is 1. The van der Waals surface area contributed by atoms with E-state index in [0.717, 1.165) is 37.7 Å². The predicted molar refractivity (Wildman–Crippen MR) is 95.7 cm³/mol. The number of benzene rings is 2. The Bertz CT molecular complexity index is 1200. The van der Waals surface area contributed by atoms with E-state index in [9.17, 15) is 0 Å². The minimum atomic E-state index is 0.666. The molecule has 3 heterocycles. The highest BCUT2D eigenvalue weighted by atomic mass is 32.1. The van der Waals surface area contributed by atoms with Crippen LogP contribution < -0.4 is 4.74 Å². The standard InChI is InChI=1S/C17H12N6OS/c1-24-14-5-3-2-4-12(14)15-20-21-17-23(15)22-16(25-17)10-6-7-13-11(8-10)9-18-19-13/h2-9H,1H3,(H,18,19). The lowest BCUT2D eigenvalue weighted by atomic mass is 10.2. The molecule has 5 aromatic rings. The van der Waals surface area contributed by atoms with Gasteiger partial charge in [-0.2, -0.15) is 14.7 Å². The second-order valence-corrected chi connectivity index (χ2v) is 6.45. The normalized spacial score (nSPS) is 11.4. The zero-order valence-corrected chi connectivity index (χ0v) is 14.0. The maximum atomic E-state index is 5.43. The van der Waals surface area contributed by atoms with Crippen molar-refractivity contribution in [3.63, 3.8) is 0 Å². The number of aromatic nitrogens is 6. The molecular weight excluding hydrogens is 336 g/mol. The van der Waals surface area contributed by atoms with Crippen LogP contribution in [0.2, 0.25) is 0 Å². The summed E-state index contributed by atoms with van der Waals surface area (Å²) in [6.45, 7) is 0. The maximum absolute atomic E-state index is 5.43. The Morgan fingerprint density at radius 1 is 1.12 bits per heavy atom. The summed E-state index contributed by atoms with van der Waals surface area (Å²) < 4.78 is 7.19. The van der Waals surface area contributed by atoms with Crippen LogP contribution in [0.4, 0.5) is 0 Å². The lowest BCUT2D eigenvalue weighted by Crippen LogP contribution is -1.94. The Hall–Kier alpha value is -3.26. The van der Waals surface area contributed by atoms with Crippen molar-refractivity contribution in [3.05, 3.63) is 48.7 Å². The van der Waals surface area contributed by atoms with E-state index in [4.69, 9.17) is 9.84 Å². The van der Waals surface area contributed by atoms with Crippen LogP contribution >= 0.6 is 11.3 Å². The number of rotatable bonds is 3. The summed E-state index contributed by atoms with van der Waals surface area (Å²) >= 11 is 1.50. The molecule has 5 rings (SSSR count). The minimum Gasteiger partial charge on any atom is -0.496 e. The quantitative estimate of drug-likeness (QED) is 0.540. The molecule has 0 unspecified atom stereocenters. The first-order chi connectivity index (χ1) is 12.3. The number of methoxy groups -OCH3 is 1. The topological polar surface area (TPSA) is 81.0 Å². The molecule has 0 saturated carbocycles. The van der Waals surface area contributed by atoms with Crippen molar-refractivity contribution in [1.82, 2.24) is 30.0 Å². The number of fused-ring (bicyclic) bond motifs is 2. The van der Waals surface area contributed by atoms with Crippen LogP contribution in [0.5, 0.6) is 5.75 Å². The van der Waals surface area contributed by atoms with E-state index in [1.165, 1.54) is 11.3 Å². The Balaban J connectivity index is 1.66. The molecule has 0 amide bonds. The van der Waals surface area contributed by atoms with Gasteiger partial charge in [-0.05, 0) is 30.3 Å². The Kier molecular flexibility index (Phi) is 3.04. The molecule has 122 valence electrons. The van der Waals surface area contributed by atoms with Gasteiger partial charge in [-0.1, -0.05) is 23.5 Å². The van der Waals surface area contributed by atoms with Crippen LogP contribution in [-0.4, -0.2) is 37.1 Å². The van der Waals surface area contributed by atoms with Gasteiger partial charge < -0.3 is 4.74 Å². The molecule has 0 atom stereocenters. The number of aromatic amines is 1.